The number of methoxy groups -OCH3 is 1. The van der Waals surface area contributed by atoms with Crippen molar-refractivity contribution >= 4 is 0 Å². The molecule has 1 aliphatic carbocycles. The van der Waals surface area contributed by atoms with Gasteiger partial charge in [-0.05, 0) is 31.2 Å². The van der Waals surface area contributed by atoms with E-state index in [0.29, 0.717) is 18.2 Å². The number of nitrogens with one attached hydrogen (secondary N) is 1. The van der Waals surface area contributed by atoms with Crippen molar-refractivity contribution in [2.24, 2.45) is 5.92 Å². The van der Waals surface area contributed by atoms with Crippen LogP contribution in [0, 0.1) is 5.92 Å². The molecule has 20 heavy (non-hydrogen) atoms. The number of rotatable bonds is 5. The highest BCUT2D eigenvalue weighted by atomic mass is 16.5. The van der Waals surface area contributed by atoms with E-state index in [1.807, 2.05) is 7.11 Å². The van der Waals surface area contributed by atoms with E-state index in [-0.39, 0.29) is 0 Å². The molecule has 3 rings (SSSR count). The van der Waals surface area contributed by atoms with E-state index in [1.54, 1.807) is 0 Å². The van der Waals surface area contributed by atoms with Crippen molar-refractivity contribution in [3.63, 3.8) is 0 Å². The van der Waals surface area contributed by atoms with E-state index in [2.05, 4.69) is 47.5 Å². The van der Waals surface area contributed by atoms with E-state index in [1.165, 1.54) is 18.4 Å². The summed E-state index contributed by atoms with van der Waals surface area (Å²) in [5, 5.41) is 3.77. The Morgan fingerprint density at radius 3 is 2.70 bits per heavy atom. The molecule has 3 atom stereocenters. The molecule has 110 valence electrons. The number of benzene rings is 1. The van der Waals surface area contributed by atoms with Gasteiger partial charge in [0.15, 0.2) is 0 Å². The zero-order chi connectivity index (χ0) is 13.9. The molecule has 1 aliphatic heterocycles. The molecule has 3 unspecified atom stereocenters. The average Bonchev–Trinajstić information content (AvgIpc) is 3.32. The first-order valence-corrected chi connectivity index (χ1v) is 7.83. The summed E-state index contributed by atoms with van der Waals surface area (Å²) in [6.07, 6.45) is 3.10. The first kappa shape index (κ1) is 14.1. The molecule has 0 radical (unpaired) electrons. The van der Waals surface area contributed by atoms with Crippen molar-refractivity contribution in [1.29, 1.82) is 0 Å². The number of ether oxygens (including phenoxy) is 1. The highest BCUT2D eigenvalue weighted by Crippen LogP contribution is 2.36. The minimum atomic E-state index is 0.291. The van der Waals surface area contributed by atoms with Crippen LogP contribution < -0.4 is 5.32 Å². The summed E-state index contributed by atoms with van der Waals surface area (Å²) in [6.45, 7) is 5.39. The quantitative estimate of drug-likeness (QED) is 0.892. The van der Waals surface area contributed by atoms with Crippen molar-refractivity contribution in [2.45, 2.75) is 38.0 Å². The smallest absolute Gasteiger partial charge is 0.0670 e. The van der Waals surface area contributed by atoms with Crippen LogP contribution in [-0.4, -0.2) is 43.8 Å². The van der Waals surface area contributed by atoms with Crippen LogP contribution in [0.25, 0.3) is 0 Å². The van der Waals surface area contributed by atoms with Gasteiger partial charge in [-0.15, -0.1) is 0 Å². The third-order valence-electron chi connectivity index (χ3n) is 4.71. The average molecular weight is 274 g/mol. The van der Waals surface area contributed by atoms with E-state index in [9.17, 15) is 0 Å². The van der Waals surface area contributed by atoms with Gasteiger partial charge in [0, 0.05) is 38.8 Å². The second-order valence-electron chi connectivity index (χ2n) is 6.28. The Morgan fingerprint density at radius 1 is 1.30 bits per heavy atom. The SMILES string of the molecule is COC(C)CN1CC(C2CC2)NCC1c1ccccc1. The molecule has 1 saturated heterocycles. The van der Waals surface area contributed by atoms with Crippen molar-refractivity contribution in [2.75, 3.05) is 26.7 Å². The van der Waals surface area contributed by atoms with Crippen molar-refractivity contribution in [3.05, 3.63) is 35.9 Å². The molecule has 1 heterocycles. The summed E-state index contributed by atoms with van der Waals surface area (Å²) in [5.74, 6) is 0.909. The lowest BCUT2D eigenvalue weighted by atomic mass is 9.99. The summed E-state index contributed by atoms with van der Waals surface area (Å²) in [7, 11) is 1.81. The van der Waals surface area contributed by atoms with Crippen molar-refractivity contribution in [3.8, 4) is 0 Å². The molecule has 1 N–H and O–H groups in total. The number of nitrogens with zero attached hydrogens (tertiary/aromatic N) is 1. The van der Waals surface area contributed by atoms with Crippen LogP contribution in [-0.2, 0) is 4.74 Å². The summed E-state index contributed by atoms with van der Waals surface area (Å²) >= 11 is 0. The van der Waals surface area contributed by atoms with Crippen LogP contribution in [0.2, 0.25) is 0 Å². The van der Waals surface area contributed by atoms with E-state index in [0.717, 1.165) is 25.6 Å². The van der Waals surface area contributed by atoms with Gasteiger partial charge in [0.1, 0.15) is 0 Å². The molecule has 0 aromatic heterocycles. The molecule has 0 bridgehead atoms. The monoisotopic (exact) mass is 274 g/mol. The summed E-state index contributed by atoms with van der Waals surface area (Å²) < 4.78 is 5.49. The topological polar surface area (TPSA) is 24.5 Å². The summed E-state index contributed by atoms with van der Waals surface area (Å²) in [4.78, 5) is 2.61. The Morgan fingerprint density at radius 2 is 2.05 bits per heavy atom. The summed E-state index contributed by atoms with van der Waals surface area (Å²) in [6, 6.07) is 12.0. The zero-order valence-electron chi connectivity index (χ0n) is 12.6. The molecule has 0 amide bonds. The minimum absolute atomic E-state index is 0.291. The van der Waals surface area contributed by atoms with Crippen molar-refractivity contribution in [1.82, 2.24) is 10.2 Å². The second kappa shape index (κ2) is 6.25. The largest absolute Gasteiger partial charge is 0.380 e. The fourth-order valence-electron chi connectivity index (χ4n) is 3.26. The Bertz CT molecular complexity index is 418. The highest BCUT2D eigenvalue weighted by Gasteiger charge is 2.37. The van der Waals surface area contributed by atoms with Gasteiger partial charge >= 0.3 is 0 Å². The van der Waals surface area contributed by atoms with Gasteiger partial charge in [-0.25, -0.2) is 0 Å². The van der Waals surface area contributed by atoms with Crippen LogP contribution in [0.1, 0.15) is 31.4 Å². The third-order valence-corrected chi connectivity index (χ3v) is 4.71. The predicted octanol–water partition coefficient (Wildman–Crippen LogP) is 2.45. The lowest BCUT2D eigenvalue weighted by Crippen LogP contribution is -2.54. The Labute approximate surface area is 122 Å². The molecule has 1 saturated carbocycles. The number of hydrogen-bond acceptors (Lipinski definition) is 3. The van der Waals surface area contributed by atoms with Gasteiger partial charge in [0.05, 0.1) is 6.10 Å². The first-order valence-electron chi connectivity index (χ1n) is 7.83. The molecular weight excluding hydrogens is 248 g/mol. The van der Waals surface area contributed by atoms with Gasteiger partial charge in [-0.1, -0.05) is 30.3 Å². The van der Waals surface area contributed by atoms with Crippen molar-refractivity contribution < 1.29 is 4.74 Å². The van der Waals surface area contributed by atoms with Crippen LogP contribution >= 0.6 is 0 Å². The Balaban J connectivity index is 1.73. The predicted molar refractivity (Wildman–Crippen MR) is 81.7 cm³/mol. The molecule has 3 heteroatoms. The summed E-state index contributed by atoms with van der Waals surface area (Å²) in [5.41, 5.74) is 1.41. The van der Waals surface area contributed by atoms with Crippen LogP contribution in [0.3, 0.4) is 0 Å². The molecule has 1 aromatic rings. The fraction of sp³-hybridized carbons (Fsp3) is 0.647. The molecule has 2 aliphatic rings. The third kappa shape index (κ3) is 3.22. The number of piperazine rings is 1. The first-order chi connectivity index (χ1) is 9.78. The normalized spacial score (nSPS) is 29.3. The van der Waals surface area contributed by atoms with Crippen LogP contribution in [0.5, 0.6) is 0 Å². The molecule has 3 nitrogen and oxygen atoms in total. The van der Waals surface area contributed by atoms with Crippen LogP contribution in [0.4, 0.5) is 0 Å². The lowest BCUT2D eigenvalue weighted by Gasteiger charge is -2.42. The second-order valence-corrected chi connectivity index (χ2v) is 6.28. The molecule has 1 aromatic carbocycles. The van der Waals surface area contributed by atoms with Gasteiger partial charge in [-0.2, -0.15) is 0 Å². The maximum absolute atomic E-state index is 5.49. The maximum atomic E-state index is 5.49. The maximum Gasteiger partial charge on any atom is 0.0670 e. The molecule has 2 fully saturated rings. The fourth-order valence-corrected chi connectivity index (χ4v) is 3.26. The van der Waals surface area contributed by atoms with E-state index >= 15 is 0 Å². The highest BCUT2D eigenvalue weighted by molar-refractivity contribution is 5.20. The van der Waals surface area contributed by atoms with Gasteiger partial charge in [0.2, 0.25) is 0 Å². The zero-order valence-corrected chi connectivity index (χ0v) is 12.6. The molecule has 0 spiro atoms. The van der Waals surface area contributed by atoms with E-state index in [4.69, 9.17) is 4.74 Å². The van der Waals surface area contributed by atoms with Gasteiger partial charge in [0.25, 0.3) is 0 Å². The minimum Gasteiger partial charge on any atom is -0.380 e. The standard InChI is InChI=1S/C17H26N2O/c1-13(20-2)11-19-12-16(14-8-9-14)18-10-17(19)15-6-4-3-5-7-15/h3-7,13-14,16-18H,8-12H2,1-2H3. The van der Waals surface area contributed by atoms with Gasteiger partial charge < -0.3 is 10.1 Å². The van der Waals surface area contributed by atoms with Gasteiger partial charge in [-0.3, -0.25) is 4.90 Å². The Kier molecular flexibility index (Phi) is 4.39. The lowest BCUT2D eigenvalue weighted by molar-refractivity contribution is 0.0382. The Hall–Kier alpha value is -0.900. The molecular formula is C17H26N2O. The van der Waals surface area contributed by atoms with Crippen LogP contribution in [0.15, 0.2) is 30.3 Å². The van der Waals surface area contributed by atoms with E-state index < -0.39 is 0 Å². The number of hydrogen-bond donors (Lipinski definition) is 1.